The van der Waals surface area contributed by atoms with Crippen molar-refractivity contribution >= 4 is 39.4 Å². The molecule has 0 spiro atoms. The number of hydrogen-bond acceptors (Lipinski definition) is 2. The molecule has 0 bridgehead atoms. The van der Waals surface area contributed by atoms with Crippen molar-refractivity contribution in [2.24, 2.45) is 0 Å². The first-order chi connectivity index (χ1) is 13.2. The van der Waals surface area contributed by atoms with Crippen molar-refractivity contribution in [1.29, 1.82) is 0 Å². The number of aromatic nitrogens is 3. The van der Waals surface area contributed by atoms with Crippen LogP contribution in [0.15, 0.2) is 72.8 Å². The lowest BCUT2D eigenvalue weighted by Crippen LogP contribution is -2.30. The van der Waals surface area contributed by atoms with E-state index in [1.807, 2.05) is 52.9 Å². The Morgan fingerprint density at radius 1 is 0.963 bits per heavy atom. The molecule has 0 aliphatic carbocycles. The Bertz CT molecular complexity index is 1330. The Balaban J connectivity index is 1.74. The van der Waals surface area contributed by atoms with Gasteiger partial charge in [-0.2, -0.15) is 4.40 Å². The topological polar surface area (TPSA) is 61.9 Å². The predicted molar refractivity (Wildman–Crippen MR) is 101 cm³/mol. The predicted octanol–water partition coefficient (Wildman–Crippen LogP) is 3.85. The quantitative estimate of drug-likeness (QED) is 0.472. The number of amides is 1. The van der Waals surface area contributed by atoms with Gasteiger partial charge in [-0.25, -0.2) is 9.71 Å². The third kappa shape index (κ3) is 2.50. The van der Waals surface area contributed by atoms with Crippen molar-refractivity contribution in [1.82, 2.24) is 9.97 Å². The molecule has 0 atom stereocenters. The normalized spacial score (nSPS) is 11.3. The minimum Gasteiger partial charge on any atom is -0.286 e. The molecule has 2 heterocycles. The largest absolute Gasteiger partial charge is 0.360 e. The van der Waals surface area contributed by atoms with Crippen molar-refractivity contribution in [2.75, 3.05) is 5.32 Å². The number of para-hydroxylation sites is 3. The molecule has 2 N–H and O–H groups in total. The van der Waals surface area contributed by atoms with Crippen LogP contribution in [0, 0.1) is 5.82 Å². The Kier molecular flexibility index (Phi) is 3.36. The summed E-state index contributed by atoms with van der Waals surface area (Å²) >= 11 is 0. The zero-order valence-electron chi connectivity index (χ0n) is 14.1. The number of carbonyl (C=O) groups excluding carboxylic acids is 1. The number of nitrogens with one attached hydrogen (secondary N) is 2. The van der Waals surface area contributed by atoms with Gasteiger partial charge in [0.1, 0.15) is 22.4 Å². The molecular formula is C21H14FN4O+. The molecule has 3 aromatic carbocycles. The van der Waals surface area contributed by atoms with E-state index in [2.05, 4.69) is 15.3 Å². The van der Waals surface area contributed by atoms with E-state index in [4.69, 9.17) is 0 Å². The molecule has 130 valence electrons. The van der Waals surface area contributed by atoms with Gasteiger partial charge in [0, 0.05) is 0 Å². The lowest BCUT2D eigenvalue weighted by atomic mass is 10.2. The number of benzene rings is 3. The number of aromatic amines is 1. The summed E-state index contributed by atoms with van der Waals surface area (Å²) in [5.74, 6) is -0.337. The van der Waals surface area contributed by atoms with Gasteiger partial charge in [0.2, 0.25) is 5.65 Å². The molecule has 5 aromatic rings. The van der Waals surface area contributed by atoms with Crippen LogP contribution in [0.2, 0.25) is 0 Å². The molecule has 5 nitrogen and oxygen atoms in total. The van der Waals surface area contributed by atoms with Gasteiger partial charge in [-0.15, -0.1) is 4.98 Å². The van der Waals surface area contributed by atoms with E-state index < -0.39 is 0 Å². The molecule has 0 saturated heterocycles. The third-order valence-corrected chi connectivity index (χ3v) is 4.55. The summed E-state index contributed by atoms with van der Waals surface area (Å²) in [6.07, 6.45) is 0. The highest BCUT2D eigenvalue weighted by Gasteiger charge is 2.22. The smallest absolute Gasteiger partial charge is 0.286 e. The van der Waals surface area contributed by atoms with Gasteiger partial charge in [0.25, 0.3) is 5.91 Å². The van der Waals surface area contributed by atoms with Gasteiger partial charge in [0.15, 0.2) is 0 Å². The van der Waals surface area contributed by atoms with Gasteiger partial charge >= 0.3 is 5.95 Å². The maximum absolute atomic E-state index is 13.1. The number of hydrogen-bond donors (Lipinski definition) is 2. The standard InChI is InChI=1S/C21H13FN4O/c22-14-11-9-13(10-12-14)20(27)25-21-24-16-6-2-1-5-15(16)19-23-17-7-3-4-8-18(17)26(19)21/h1-12H,(H,23,24,25,27)/p+1. The van der Waals surface area contributed by atoms with E-state index in [1.165, 1.54) is 24.3 Å². The second-order valence-corrected chi connectivity index (χ2v) is 6.24. The van der Waals surface area contributed by atoms with Crippen molar-refractivity contribution in [3.8, 4) is 0 Å². The zero-order chi connectivity index (χ0) is 18.4. The fourth-order valence-electron chi connectivity index (χ4n) is 3.28. The number of fused-ring (bicyclic) bond motifs is 5. The highest BCUT2D eigenvalue weighted by Crippen LogP contribution is 2.21. The molecule has 27 heavy (non-hydrogen) atoms. The summed E-state index contributed by atoms with van der Waals surface area (Å²) in [7, 11) is 0. The van der Waals surface area contributed by atoms with E-state index in [9.17, 15) is 9.18 Å². The Labute approximate surface area is 153 Å². The first kappa shape index (κ1) is 15.5. The molecule has 5 rings (SSSR count). The van der Waals surface area contributed by atoms with Crippen LogP contribution in [0.25, 0.3) is 27.6 Å². The average molecular weight is 357 g/mol. The van der Waals surface area contributed by atoms with Crippen LogP contribution >= 0.6 is 0 Å². The van der Waals surface area contributed by atoms with Crippen LogP contribution in [0.5, 0.6) is 0 Å². The van der Waals surface area contributed by atoms with Crippen LogP contribution in [0.4, 0.5) is 10.3 Å². The van der Waals surface area contributed by atoms with Crippen molar-refractivity contribution < 1.29 is 13.6 Å². The second-order valence-electron chi connectivity index (χ2n) is 6.24. The van der Waals surface area contributed by atoms with Gasteiger partial charge in [0.05, 0.1) is 10.9 Å². The van der Waals surface area contributed by atoms with E-state index in [-0.39, 0.29) is 11.7 Å². The second kappa shape index (κ2) is 5.88. The number of H-pyrrole nitrogens is 1. The molecule has 0 aliphatic heterocycles. The first-order valence-electron chi connectivity index (χ1n) is 8.49. The molecule has 0 aliphatic rings. The van der Waals surface area contributed by atoms with Gasteiger partial charge < -0.3 is 0 Å². The van der Waals surface area contributed by atoms with Gasteiger partial charge in [-0.1, -0.05) is 24.3 Å². The minimum atomic E-state index is -0.385. The summed E-state index contributed by atoms with van der Waals surface area (Å²) < 4.78 is 15.0. The Morgan fingerprint density at radius 2 is 1.70 bits per heavy atom. The number of halogens is 1. The fraction of sp³-hybridized carbons (Fsp3) is 0. The Morgan fingerprint density at radius 3 is 2.56 bits per heavy atom. The van der Waals surface area contributed by atoms with Gasteiger partial charge in [-0.3, -0.25) is 9.78 Å². The van der Waals surface area contributed by atoms with Gasteiger partial charge in [-0.05, 0) is 48.5 Å². The van der Waals surface area contributed by atoms with Crippen LogP contribution in [0.3, 0.4) is 0 Å². The monoisotopic (exact) mass is 357 g/mol. The van der Waals surface area contributed by atoms with E-state index in [0.717, 1.165) is 27.6 Å². The number of carbonyl (C=O) groups is 1. The molecule has 0 radical (unpaired) electrons. The third-order valence-electron chi connectivity index (χ3n) is 4.55. The molecule has 2 aromatic heterocycles. The van der Waals surface area contributed by atoms with E-state index >= 15 is 0 Å². The molecule has 0 unspecified atom stereocenters. The molecule has 6 heteroatoms. The number of anilines is 1. The highest BCUT2D eigenvalue weighted by molar-refractivity contribution is 6.04. The lowest BCUT2D eigenvalue weighted by Gasteiger charge is -2.04. The van der Waals surface area contributed by atoms with Crippen molar-refractivity contribution in [3.63, 3.8) is 0 Å². The Hall–Kier alpha value is -3.80. The molecule has 0 saturated carbocycles. The fourth-order valence-corrected chi connectivity index (χ4v) is 3.28. The first-order valence-corrected chi connectivity index (χ1v) is 8.49. The lowest BCUT2D eigenvalue weighted by molar-refractivity contribution is -0.466. The highest BCUT2D eigenvalue weighted by atomic mass is 19.1. The molecule has 0 fully saturated rings. The van der Waals surface area contributed by atoms with Crippen LogP contribution in [0.1, 0.15) is 10.4 Å². The maximum Gasteiger partial charge on any atom is 0.360 e. The molecular weight excluding hydrogens is 343 g/mol. The minimum absolute atomic E-state index is 0.350. The van der Waals surface area contributed by atoms with Crippen molar-refractivity contribution in [2.45, 2.75) is 0 Å². The maximum atomic E-state index is 13.1. The summed E-state index contributed by atoms with van der Waals surface area (Å²) in [5.41, 5.74) is 3.81. The summed E-state index contributed by atoms with van der Waals surface area (Å²) in [6.45, 7) is 0. The molecule has 1 amide bonds. The van der Waals surface area contributed by atoms with Crippen LogP contribution < -0.4 is 9.72 Å². The van der Waals surface area contributed by atoms with E-state index in [1.54, 1.807) is 0 Å². The summed E-state index contributed by atoms with van der Waals surface area (Å²) in [5, 5.41) is 3.81. The zero-order valence-corrected chi connectivity index (χ0v) is 14.1. The number of imidazole rings is 1. The SMILES string of the molecule is O=C(Nc1nc2ccccc2c2[nH]c3ccccc3[n+]12)c1ccc(F)cc1. The van der Waals surface area contributed by atoms with Crippen LogP contribution in [-0.2, 0) is 0 Å². The summed E-state index contributed by atoms with van der Waals surface area (Å²) in [6, 6.07) is 21.0. The summed E-state index contributed by atoms with van der Waals surface area (Å²) in [4.78, 5) is 20.7. The average Bonchev–Trinajstić information content (AvgIpc) is 3.09. The number of rotatable bonds is 2. The van der Waals surface area contributed by atoms with E-state index in [0.29, 0.717) is 11.5 Å². The number of nitrogens with zero attached hydrogens (tertiary/aromatic N) is 2. The van der Waals surface area contributed by atoms with Crippen LogP contribution in [-0.4, -0.2) is 15.9 Å². The van der Waals surface area contributed by atoms with Crippen molar-refractivity contribution in [3.05, 3.63) is 84.2 Å².